The lowest BCUT2D eigenvalue weighted by Crippen LogP contribution is -2.01. The van der Waals surface area contributed by atoms with E-state index < -0.39 is 11.6 Å². The predicted octanol–water partition coefficient (Wildman–Crippen LogP) is 5.29. The standard InChI is InChI=1S/C23H16F2N6O/c24-18-7-4-8-19(25)20(18)28-21-17-13-26-23(27-14-9-11-16(32)12-10-14)29-22(17)31(30-21)15-5-2-1-3-6-15/h1-13,32H,(H,28,30)(H,26,27,29). The molecule has 0 spiro atoms. The number of nitrogens with zero attached hydrogens (tertiary/aromatic N) is 4. The van der Waals surface area contributed by atoms with Crippen LogP contribution in [0.25, 0.3) is 16.7 Å². The number of benzene rings is 3. The summed E-state index contributed by atoms with van der Waals surface area (Å²) in [5.41, 5.74) is 1.53. The highest BCUT2D eigenvalue weighted by Crippen LogP contribution is 2.30. The van der Waals surface area contributed by atoms with Gasteiger partial charge in [-0.25, -0.2) is 18.4 Å². The normalized spacial score (nSPS) is 10.9. The summed E-state index contributed by atoms with van der Waals surface area (Å²) in [4.78, 5) is 8.88. The zero-order valence-corrected chi connectivity index (χ0v) is 16.5. The molecule has 0 radical (unpaired) electrons. The minimum atomic E-state index is -0.737. The second-order valence-electron chi connectivity index (χ2n) is 6.92. The van der Waals surface area contributed by atoms with Crippen molar-refractivity contribution in [2.24, 2.45) is 0 Å². The summed E-state index contributed by atoms with van der Waals surface area (Å²) in [6.07, 6.45) is 1.53. The van der Waals surface area contributed by atoms with Crippen LogP contribution >= 0.6 is 0 Å². The Kier molecular flexibility index (Phi) is 4.83. The lowest BCUT2D eigenvalue weighted by Gasteiger charge is -2.06. The molecule has 0 fully saturated rings. The van der Waals surface area contributed by atoms with Gasteiger partial charge < -0.3 is 15.7 Å². The van der Waals surface area contributed by atoms with Crippen molar-refractivity contribution in [3.63, 3.8) is 0 Å². The van der Waals surface area contributed by atoms with Gasteiger partial charge in [0.25, 0.3) is 0 Å². The fourth-order valence-electron chi connectivity index (χ4n) is 3.21. The minimum absolute atomic E-state index is 0.144. The number of rotatable bonds is 5. The van der Waals surface area contributed by atoms with Gasteiger partial charge in [-0.05, 0) is 48.5 Å². The lowest BCUT2D eigenvalue weighted by atomic mass is 10.3. The van der Waals surface area contributed by atoms with Gasteiger partial charge in [0.05, 0.1) is 11.1 Å². The molecule has 5 aromatic rings. The van der Waals surface area contributed by atoms with Crippen LogP contribution in [0.5, 0.6) is 5.75 Å². The van der Waals surface area contributed by atoms with E-state index in [1.165, 1.54) is 12.3 Å². The fraction of sp³-hybridized carbons (Fsp3) is 0. The van der Waals surface area contributed by atoms with E-state index >= 15 is 0 Å². The highest BCUT2D eigenvalue weighted by Gasteiger charge is 2.18. The monoisotopic (exact) mass is 430 g/mol. The molecule has 0 atom stereocenters. The molecule has 0 bridgehead atoms. The molecule has 158 valence electrons. The smallest absolute Gasteiger partial charge is 0.229 e. The third kappa shape index (κ3) is 3.67. The van der Waals surface area contributed by atoms with Crippen molar-refractivity contribution < 1.29 is 13.9 Å². The van der Waals surface area contributed by atoms with Crippen LogP contribution in [-0.2, 0) is 0 Å². The Morgan fingerprint density at radius 3 is 2.25 bits per heavy atom. The number of phenols is 1. The number of aromatic nitrogens is 4. The van der Waals surface area contributed by atoms with Crippen molar-refractivity contribution >= 4 is 34.2 Å². The average molecular weight is 430 g/mol. The van der Waals surface area contributed by atoms with Gasteiger partial charge in [-0.2, -0.15) is 4.98 Å². The van der Waals surface area contributed by atoms with Gasteiger partial charge in [0.1, 0.15) is 23.1 Å². The van der Waals surface area contributed by atoms with Crippen LogP contribution in [0.3, 0.4) is 0 Å². The Bertz CT molecular complexity index is 1380. The number of anilines is 4. The van der Waals surface area contributed by atoms with E-state index in [1.807, 2.05) is 30.3 Å². The minimum Gasteiger partial charge on any atom is -0.508 e. The average Bonchev–Trinajstić information content (AvgIpc) is 3.16. The first-order valence-electron chi connectivity index (χ1n) is 9.67. The highest BCUT2D eigenvalue weighted by molar-refractivity contribution is 5.90. The van der Waals surface area contributed by atoms with Gasteiger partial charge in [0, 0.05) is 11.9 Å². The first-order chi connectivity index (χ1) is 15.6. The zero-order chi connectivity index (χ0) is 22.1. The Hall–Kier alpha value is -4.53. The number of halogens is 2. The molecular weight excluding hydrogens is 414 g/mol. The molecule has 32 heavy (non-hydrogen) atoms. The number of hydrogen-bond acceptors (Lipinski definition) is 6. The Morgan fingerprint density at radius 2 is 1.53 bits per heavy atom. The molecule has 2 aromatic heterocycles. The van der Waals surface area contributed by atoms with Crippen molar-refractivity contribution in [3.8, 4) is 11.4 Å². The second kappa shape index (κ2) is 7.95. The van der Waals surface area contributed by atoms with Crippen LogP contribution < -0.4 is 10.6 Å². The summed E-state index contributed by atoms with van der Waals surface area (Å²) in [6, 6.07) is 19.3. The molecule has 0 saturated heterocycles. The summed E-state index contributed by atoms with van der Waals surface area (Å²) >= 11 is 0. The van der Waals surface area contributed by atoms with Crippen LogP contribution in [0.4, 0.5) is 31.9 Å². The number of nitrogens with one attached hydrogen (secondary N) is 2. The van der Waals surface area contributed by atoms with Gasteiger partial charge in [-0.1, -0.05) is 24.3 Å². The van der Waals surface area contributed by atoms with E-state index in [0.29, 0.717) is 28.4 Å². The van der Waals surface area contributed by atoms with E-state index in [0.717, 1.165) is 12.1 Å². The molecule has 0 amide bonds. The van der Waals surface area contributed by atoms with Crippen LogP contribution in [-0.4, -0.2) is 24.9 Å². The maximum absolute atomic E-state index is 14.2. The highest BCUT2D eigenvalue weighted by atomic mass is 19.1. The number of aromatic hydroxyl groups is 1. The first kappa shape index (κ1) is 19.4. The third-order valence-corrected chi connectivity index (χ3v) is 4.75. The SMILES string of the molecule is Oc1ccc(Nc2ncc3c(Nc4c(F)cccc4F)nn(-c4ccccc4)c3n2)cc1. The van der Waals surface area contributed by atoms with E-state index in [-0.39, 0.29) is 17.3 Å². The van der Waals surface area contributed by atoms with Gasteiger partial charge in [-0.15, -0.1) is 5.10 Å². The van der Waals surface area contributed by atoms with E-state index in [2.05, 4.69) is 25.7 Å². The summed E-state index contributed by atoms with van der Waals surface area (Å²) < 4.78 is 30.0. The van der Waals surface area contributed by atoms with E-state index in [4.69, 9.17) is 0 Å². The molecule has 0 aliphatic carbocycles. The molecule has 0 saturated carbocycles. The maximum Gasteiger partial charge on any atom is 0.229 e. The Labute approximate surface area is 181 Å². The lowest BCUT2D eigenvalue weighted by molar-refractivity contribution is 0.475. The second-order valence-corrected chi connectivity index (χ2v) is 6.92. The van der Waals surface area contributed by atoms with Crippen molar-refractivity contribution in [1.29, 1.82) is 0 Å². The Morgan fingerprint density at radius 1 is 0.812 bits per heavy atom. The molecule has 9 heteroatoms. The summed E-state index contributed by atoms with van der Waals surface area (Å²) in [6.45, 7) is 0. The molecule has 0 unspecified atom stereocenters. The molecule has 0 aliphatic heterocycles. The van der Waals surface area contributed by atoms with Crippen LogP contribution in [0, 0.1) is 11.6 Å². The van der Waals surface area contributed by atoms with Crippen molar-refractivity contribution in [1.82, 2.24) is 19.7 Å². The number of hydrogen-bond donors (Lipinski definition) is 3. The topological polar surface area (TPSA) is 87.9 Å². The van der Waals surface area contributed by atoms with E-state index in [1.54, 1.807) is 28.9 Å². The number of phenolic OH excluding ortho intramolecular Hbond substituents is 1. The number of para-hydroxylation sites is 2. The summed E-state index contributed by atoms with van der Waals surface area (Å²) in [5.74, 6) is -0.823. The van der Waals surface area contributed by atoms with Crippen LogP contribution in [0.2, 0.25) is 0 Å². The van der Waals surface area contributed by atoms with Gasteiger partial charge in [-0.3, -0.25) is 0 Å². The van der Waals surface area contributed by atoms with Crippen molar-refractivity contribution in [2.75, 3.05) is 10.6 Å². The van der Waals surface area contributed by atoms with E-state index in [9.17, 15) is 13.9 Å². The van der Waals surface area contributed by atoms with Crippen LogP contribution in [0.1, 0.15) is 0 Å². The fourth-order valence-corrected chi connectivity index (χ4v) is 3.21. The molecule has 3 N–H and O–H groups in total. The summed E-state index contributed by atoms with van der Waals surface area (Å²) in [7, 11) is 0. The van der Waals surface area contributed by atoms with Crippen molar-refractivity contribution in [2.45, 2.75) is 0 Å². The summed E-state index contributed by atoms with van der Waals surface area (Å²) in [5, 5.41) is 20.2. The van der Waals surface area contributed by atoms with Crippen molar-refractivity contribution in [3.05, 3.63) is 90.6 Å². The quantitative estimate of drug-likeness (QED) is 0.329. The van der Waals surface area contributed by atoms with Crippen LogP contribution in [0.15, 0.2) is 79.0 Å². The third-order valence-electron chi connectivity index (χ3n) is 4.75. The zero-order valence-electron chi connectivity index (χ0n) is 16.5. The molecule has 5 rings (SSSR count). The first-order valence-corrected chi connectivity index (χ1v) is 9.67. The molecule has 0 aliphatic rings. The largest absolute Gasteiger partial charge is 0.508 e. The van der Waals surface area contributed by atoms with Gasteiger partial charge >= 0.3 is 0 Å². The molecule has 2 heterocycles. The van der Waals surface area contributed by atoms with Gasteiger partial charge in [0.2, 0.25) is 5.95 Å². The predicted molar refractivity (Wildman–Crippen MR) is 118 cm³/mol. The molecule has 3 aromatic carbocycles. The molecular formula is C23H16F2N6O. The maximum atomic E-state index is 14.2. The molecule has 7 nitrogen and oxygen atoms in total. The Balaban J connectivity index is 1.61. The number of fused-ring (bicyclic) bond motifs is 1. The van der Waals surface area contributed by atoms with Gasteiger partial charge in [0.15, 0.2) is 11.5 Å².